The van der Waals surface area contributed by atoms with E-state index in [-0.39, 0.29) is 12.5 Å². The van der Waals surface area contributed by atoms with Gasteiger partial charge in [0.05, 0.1) is 12.2 Å². The van der Waals surface area contributed by atoms with E-state index in [2.05, 4.69) is 27.9 Å². The molecule has 0 aliphatic heterocycles. The maximum Gasteiger partial charge on any atom is 0.325 e. The third kappa shape index (κ3) is 5.14. The van der Waals surface area contributed by atoms with Crippen molar-refractivity contribution in [3.8, 4) is 0 Å². The standard InChI is InChI=1S/C17H16INO3/c18-15-9-5-4-8-14(15)17(21)19-12-16(20)22-11-10-13-6-2-1-3-7-13/h1-9H,10-12H2,(H,19,21). The maximum absolute atomic E-state index is 11.9. The van der Waals surface area contributed by atoms with Gasteiger partial charge in [0.15, 0.2) is 0 Å². The second-order valence-corrected chi connectivity index (χ2v) is 5.78. The smallest absolute Gasteiger partial charge is 0.325 e. The number of nitrogens with one attached hydrogen (secondary N) is 1. The van der Waals surface area contributed by atoms with Crippen molar-refractivity contribution in [1.29, 1.82) is 0 Å². The van der Waals surface area contributed by atoms with Crippen LogP contribution in [-0.4, -0.2) is 25.0 Å². The summed E-state index contributed by atoms with van der Waals surface area (Å²) >= 11 is 2.08. The maximum atomic E-state index is 11.9. The SMILES string of the molecule is O=C(CNC(=O)c1ccccc1I)OCCc1ccccc1. The van der Waals surface area contributed by atoms with Crippen LogP contribution >= 0.6 is 22.6 Å². The molecule has 0 atom stereocenters. The predicted molar refractivity (Wildman–Crippen MR) is 92.6 cm³/mol. The number of hydrogen-bond acceptors (Lipinski definition) is 3. The Labute approximate surface area is 143 Å². The molecule has 0 spiro atoms. The van der Waals surface area contributed by atoms with E-state index < -0.39 is 5.97 Å². The Balaban J connectivity index is 1.72. The Morgan fingerprint density at radius 3 is 2.41 bits per heavy atom. The van der Waals surface area contributed by atoms with E-state index in [1.807, 2.05) is 42.5 Å². The average molecular weight is 409 g/mol. The van der Waals surface area contributed by atoms with Crippen LogP contribution in [0, 0.1) is 3.57 Å². The Kier molecular flexibility index (Phi) is 6.39. The molecule has 0 aromatic heterocycles. The van der Waals surface area contributed by atoms with Crippen LogP contribution in [0.1, 0.15) is 15.9 Å². The largest absolute Gasteiger partial charge is 0.464 e. The highest BCUT2D eigenvalue weighted by Gasteiger charge is 2.11. The molecule has 114 valence electrons. The first-order chi connectivity index (χ1) is 10.7. The highest BCUT2D eigenvalue weighted by Crippen LogP contribution is 2.10. The summed E-state index contributed by atoms with van der Waals surface area (Å²) in [6.07, 6.45) is 0.664. The fourth-order valence-electron chi connectivity index (χ4n) is 1.87. The summed E-state index contributed by atoms with van der Waals surface area (Å²) in [7, 11) is 0. The molecule has 0 saturated heterocycles. The minimum Gasteiger partial charge on any atom is -0.464 e. The lowest BCUT2D eigenvalue weighted by molar-refractivity contribution is -0.142. The van der Waals surface area contributed by atoms with Gasteiger partial charge < -0.3 is 10.1 Å². The van der Waals surface area contributed by atoms with Gasteiger partial charge in [0.2, 0.25) is 0 Å². The molecule has 5 heteroatoms. The van der Waals surface area contributed by atoms with Gasteiger partial charge >= 0.3 is 5.97 Å². The van der Waals surface area contributed by atoms with Crippen LogP contribution in [0.4, 0.5) is 0 Å². The van der Waals surface area contributed by atoms with Gasteiger partial charge in [-0.25, -0.2) is 0 Å². The lowest BCUT2D eigenvalue weighted by Gasteiger charge is -2.07. The van der Waals surface area contributed by atoms with E-state index >= 15 is 0 Å². The summed E-state index contributed by atoms with van der Waals surface area (Å²) in [5.74, 6) is -0.708. The number of ether oxygens (including phenoxy) is 1. The van der Waals surface area contributed by atoms with E-state index in [0.29, 0.717) is 18.6 Å². The van der Waals surface area contributed by atoms with Crippen molar-refractivity contribution in [2.75, 3.05) is 13.2 Å². The topological polar surface area (TPSA) is 55.4 Å². The van der Waals surface area contributed by atoms with Crippen molar-refractivity contribution >= 4 is 34.5 Å². The lowest BCUT2D eigenvalue weighted by Crippen LogP contribution is -2.31. The van der Waals surface area contributed by atoms with Gasteiger partial charge in [-0.1, -0.05) is 42.5 Å². The summed E-state index contributed by atoms with van der Waals surface area (Å²) in [5.41, 5.74) is 1.67. The summed E-state index contributed by atoms with van der Waals surface area (Å²) in [4.78, 5) is 23.6. The normalized spacial score (nSPS) is 10.0. The van der Waals surface area contributed by atoms with Gasteiger partial charge in [-0.3, -0.25) is 9.59 Å². The fourth-order valence-corrected chi connectivity index (χ4v) is 2.50. The van der Waals surface area contributed by atoms with E-state index in [0.717, 1.165) is 9.13 Å². The minimum absolute atomic E-state index is 0.126. The molecule has 0 fully saturated rings. The molecule has 0 bridgehead atoms. The van der Waals surface area contributed by atoms with Crippen LogP contribution in [0.15, 0.2) is 54.6 Å². The van der Waals surface area contributed by atoms with Gasteiger partial charge in [0, 0.05) is 9.99 Å². The third-order valence-electron chi connectivity index (χ3n) is 3.01. The van der Waals surface area contributed by atoms with Crippen LogP contribution in [0.25, 0.3) is 0 Å². The van der Waals surface area contributed by atoms with Crippen molar-refractivity contribution < 1.29 is 14.3 Å². The number of amides is 1. The molecule has 2 rings (SSSR count). The quantitative estimate of drug-likeness (QED) is 0.590. The lowest BCUT2D eigenvalue weighted by atomic mass is 10.2. The zero-order valence-electron chi connectivity index (χ0n) is 11.9. The Morgan fingerprint density at radius 1 is 1.00 bits per heavy atom. The predicted octanol–water partition coefficient (Wildman–Crippen LogP) is 2.81. The molecular formula is C17H16INO3. The Morgan fingerprint density at radius 2 is 1.68 bits per heavy atom. The molecular weight excluding hydrogens is 393 g/mol. The first-order valence-corrected chi connectivity index (χ1v) is 7.97. The zero-order chi connectivity index (χ0) is 15.8. The van der Waals surface area contributed by atoms with Crippen LogP contribution in [0.5, 0.6) is 0 Å². The zero-order valence-corrected chi connectivity index (χ0v) is 14.1. The Hall–Kier alpha value is -1.89. The third-order valence-corrected chi connectivity index (χ3v) is 3.95. The number of carbonyl (C=O) groups excluding carboxylic acids is 2. The first-order valence-electron chi connectivity index (χ1n) is 6.89. The number of benzene rings is 2. The molecule has 22 heavy (non-hydrogen) atoms. The van der Waals surface area contributed by atoms with Gasteiger partial charge in [0.1, 0.15) is 6.54 Å². The highest BCUT2D eigenvalue weighted by molar-refractivity contribution is 14.1. The van der Waals surface area contributed by atoms with Crippen molar-refractivity contribution in [2.24, 2.45) is 0 Å². The van der Waals surface area contributed by atoms with Crippen LogP contribution in [-0.2, 0) is 16.0 Å². The fraction of sp³-hybridized carbons (Fsp3) is 0.176. The first kappa shape index (κ1) is 16.5. The van der Waals surface area contributed by atoms with Gasteiger partial charge in [-0.15, -0.1) is 0 Å². The summed E-state index contributed by atoms with van der Waals surface area (Å²) in [6, 6.07) is 17.0. The molecule has 0 heterocycles. The van der Waals surface area contributed by atoms with Gasteiger partial charge in [-0.2, -0.15) is 0 Å². The van der Waals surface area contributed by atoms with Crippen molar-refractivity contribution in [3.63, 3.8) is 0 Å². The molecule has 0 saturated carbocycles. The van der Waals surface area contributed by atoms with E-state index in [1.54, 1.807) is 12.1 Å². The number of halogens is 1. The van der Waals surface area contributed by atoms with Crippen LogP contribution < -0.4 is 5.32 Å². The average Bonchev–Trinajstić information content (AvgIpc) is 2.54. The number of carbonyl (C=O) groups is 2. The molecule has 0 unspecified atom stereocenters. The molecule has 0 aliphatic carbocycles. The molecule has 0 radical (unpaired) electrons. The molecule has 1 N–H and O–H groups in total. The summed E-state index contributed by atoms with van der Waals surface area (Å²) < 4.78 is 5.95. The number of rotatable bonds is 6. The Bertz CT molecular complexity index is 643. The molecule has 2 aromatic rings. The molecule has 4 nitrogen and oxygen atoms in total. The van der Waals surface area contributed by atoms with Crippen molar-refractivity contribution in [3.05, 3.63) is 69.3 Å². The second kappa shape index (κ2) is 8.53. The number of hydrogen-bond donors (Lipinski definition) is 1. The molecule has 2 aromatic carbocycles. The summed E-state index contributed by atoms with van der Waals surface area (Å²) in [5, 5.41) is 2.57. The van der Waals surface area contributed by atoms with E-state index in [1.165, 1.54) is 0 Å². The van der Waals surface area contributed by atoms with Gasteiger partial charge in [0.25, 0.3) is 5.91 Å². The minimum atomic E-state index is -0.435. The van der Waals surface area contributed by atoms with E-state index in [9.17, 15) is 9.59 Å². The molecule has 1 amide bonds. The molecule has 0 aliphatic rings. The number of esters is 1. The second-order valence-electron chi connectivity index (χ2n) is 4.62. The van der Waals surface area contributed by atoms with Gasteiger partial charge in [-0.05, 0) is 40.3 Å². The van der Waals surface area contributed by atoms with Crippen LogP contribution in [0.2, 0.25) is 0 Å². The van der Waals surface area contributed by atoms with Crippen molar-refractivity contribution in [1.82, 2.24) is 5.32 Å². The van der Waals surface area contributed by atoms with E-state index in [4.69, 9.17) is 4.74 Å². The van der Waals surface area contributed by atoms with Crippen molar-refractivity contribution in [2.45, 2.75) is 6.42 Å². The van der Waals surface area contributed by atoms with Crippen LogP contribution in [0.3, 0.4) is 0 Å². The highest BCUT2D eigenvalue weighted by atomic mass is 127. The summed E-state index contributed by atoms with van der Waals surface area (Å²) in [6.45, 7) is 0.181. The monoisotopic (exact) mass is 409 g/mol.